The van der Waals surface area contributed by atoms with E-state index < -0.39 is 5.54 Å². The zero-order valence-electron chi connectivity index (χ0n) is 11.1. The van der Waals surface area contributed by atoms with E-state index in [4.69, 9.17) is 0 Å². The maximum atomic E-state index is 12.2. The second-order valence-electron chi connectivity index (χ2n) is 5.18. The fraction of sp³-hybridized carbons (Fsp3) is 0.846. The molecule has 0 saturated heterocycles. The summed E-state index contributed by atoms with van der Waals surface area (Å²) in [7, 11) is 0. The van der Waals surface area contributed by atoms with Gasteiger partial charge in [-0.25, -0.2) is 0 Å². The van der Waals surface area contributed by atoms with Crippen LogP contribution in [0.15, 0.2) is 0 Å². The van der Waals surface area contributed by atoms with Crippen molar-refractivity contribution in [3.05, 3.63) is 0 Å². The molecule has 4 heteroatoms. The van der Waals surface area contributed by atoms with E-state index in [9.17, 15) is 9.59 Å². The van der Waals surface area contributed by atoms with Crippen molar-refractivity contribution in [2.45, 2.75) is 70.9 Å². The molecule has 2 N–H and O–H groups in total. The van der Waals surface area contributed by atoms with Crippen molar-refractivity contribution in [1.82, 2.24) is 10.6 Å². The van der Waals surface area contributed by atoms with Gasteiger partial charge in [0.05, 0.1) is 0 Å². The molecule has 1 aliphatic rings. The van der Waals surface area contributed by atoms with Crippen LogP contribution in [0.2, 0.25) is 0 Å². The van der Waals surface area contributed by atoms with E-state index in [0.29, 0.717) is 6.42 Å². The minimum absolute atomic E-state index is 0.0536. The Labute approximate surface area is 104 Å². The van der Waals surface area contributed by atoms with Crippen molar-refractivity contribution in [3.63, 3.8) is 0 Å². The van der Waals surface area contributed by atoms with Gasteiger partial charge in [0.25, 0.3) is 0 Å². The van der Waals surface area contributed by atoms with Gasteiger partial charge < -0.3 is 10.6 Å². The van der Waals surface area contributed by atoms with E-state index in [1.54, 1.807) is 6.92 Å². The normalized spacial score (nSPS) is 20.4. The molecule has 0 aromatic heterocycles. The van der Waals surface area contributed by atoms with Crippen molar-refractivity contribution < 1.29 is 9.59 Å². The van der Waals surface area contributed by atoms with Gasteiger partial charge in [0, 0.05) is 13.0 Å². The summed E-state index contributed by atoms with van der Waals surface area (Å²) in [6.07, 6.45) is 6.37. The molecule has 98 valence electrons. The molecule has 17 heavy (non-hydrogen) atoms. The first-order chi connectivity index (χ1) is 7.98. The highest BCUT2D eigenvalue weighted by molar-refractivity contribution is 5.90. The van der Waals surface area contributed by atoms with Crippen molar-refractivity contribution in [2.24, 2.45) is 0 Å². The molecule has 0 radical (unpaired) electrons. The van der Waals surface area contributed by atoms with Crippen LogP contribution in [0.3, 0.4) is 0 Å². The van der Waals surface area contributed by atoms with E-state index in [-0.39, 0.29) is 17.9 Å². The Hall–Kier alpha value is -1.06. The lowest BCUT2D eigenvalue weighted by atomic mass is 9.92. The monoisotopic (exact) mass is 240 g/mol. The molecule has 4 nitrogen and oxygen atoms in total. The summed E-state index contributed by atoms with van der Waals surface area (Å²) in [6.45, 7) is 5.14. The molecule has 1 saturated carbocycles. The summed E-state index contributed by atoms with van der Waals surface area (Å²) < 4.78 is 0. The lowest BCUT2D eigenvalue weighted by Gasteiger charge is -2.31. The van der Waals surface area contributed by atoms with E-state index in [2.05, 4.69) is 10.6 Å². The fourth-order valence-electron chi connectivity index (χ4n) is 2.29. The highest BCUT2D eigenvalue weighted by atomic mass is 16.2. The third kappa shape index (κ3) is 4.02. The smallest absolute Gasteiger partial charge is 0.245 e. The molecule has 1 atom stereocenters. The zero-order valence-corrected chi connectivity index (χ0v) is 11.1. The van der Waals surface area contributed by atoms with Crippen LogP contribution >= 0.6 is 0 Å². The Bertz CT molecular complexity index is 285. The summed E-state index contributed by atoms with van der Waals surface area (Å²) in [5, 5.41) is 5.81. The highest BCUT2D eigenvalue weighted by Crippen LogP contribution is 2.19. The number of rotatable bonds is 4. The maximum Gasteiger partial charge on any atom is 0.245 e. The quantitative estimate of drug-likeness (QED) is 0.786. The zero-order chi connectivity index (χ0) is 12.9. The van der Waals surface area contributed by atoms with Crippen LogP contribution in [0, 0.1) is 0 Å². The van der Waals surface area contributed by atoms with Crippen LogP contribution in [-0.2, 0) is 9.59 Å². The Kier molecular flexibility index (Phi) is 4.97. The van der Waals surface area contributed by atoms with Crippen LogP contribution in [0.25, 0.3) is 0 Å². The molecule has 0 aromatic rings. The number of nitrogens with one attached hydrogen (secondary N) is 2. The largest absolute Gasteiger partial charge is 0.351 e. The molecule has 1 fully saturated rings. The molecule has 1 rings (SSSR count). The van der Waals surface area contributed by atoms with E-state index in [1.807, 2.05) is 6.92 Å². The Balaban J connectivity index is 2.55. The molecular weight excluding hydrogens is 216 g/mol. The van der Waals surface area contributed by atoms with Gasteiger partial charge in [0.2, 0.25) is 11.8 Å². The van der Waals surface area contributed by atoms with E-state index in [0.717, 1.165) is 12.8 Å². The highest BCUT2D eigenvalue weighted by Gasteiger charge is 2.33. The maximum absolute atomic E-state index is 12.2. The first kappa shape index (κ1) is 14.0. The molecule has 1 aliphatic carbocycles. The Morgan fingerprint density at radius 2 is 1.82 bits per heavy atom. The van der Waals surface area contributed by atoms with Gasteiger partial charge in [-0.2, -0.15) is 0 Å². The van der Waals surface area contributed by atoms with Crippen molar-refractivity contribution >= 4 is 11.8 Å². The molecule has 0 unspecified atom stereocenters. The Morgan fingerprint density at radius 3 is 2.29 bits per heavy atom. The first-order valence-electron chi connectivity index (χ1n) is 6.57. The topological polar surface area (TPSA) is 58.2 Å². The third-order valence-electron chi connectivity index (χ3n) is 3.60. The van der Waals surface area contributed by atoms with Crippen LogP contribution in [0.5, 0.6) is 0 Å². The average Bonchev–Trinajstić information content (AvgIpc) is 2.29. The SMILES string of the molecule is CC[C@@](C)(NC(C)=O)C(=O)NC1CCCCC1. The summed E-state index contributed by atoms with van der Waals surface area (Å²) in [4.78, 5) is 23.3. The molecular formula is C13H24N2O2. The van der Waals surface area contributed by atoms with Crippen LogP contribution in [0.4, 0.5) is 0 Å². The Morgan fingerprint density at radius 1 is 1.24 bits per heavy atom. The van der Waals surface area contributed by atoms with Crippen molar-refractivity contribution in [2.75, 3.05) is 0 Å². The lowest BCUT2D eigenvalue weighted by Crippen LogP contribution is -2.57. The lowest BCUT2D eigenvalue weighted by molar-refractivity contribution is -0.133. The molecule has 0 bridgehead atoms. The van der Waals surface area contributed by atoms with Gasteiger partial charge in [-0.15, -0.1) is 0 Å². The van der Waals surface area contributed by atoms with Gasteiger partial charge in [0.1, 0.15) is 5.54 Å². The summed E-state index contributed by atoms with van der Waals surface area (Å²) in [6, 6.07) is 0.288. The van der Waals surface area contributed by atoms with Crippen LogP contribution < -0.4 is 10.6 Å². The van der Waals surface area contributed by atoms with Crippen LogP contribution in [0.1, 0.15) is 59.3 Å². The van der Waals surface area contributed by atoms with Gasteiger partial charge >= 0.3 is 0 Å². The standard InChI is InChI=1S/C13H24N2O2/c1-4-13(3,15-10(2)16)12(17)14-11-8-6-5-7-9-11/h11H,4-9H2,1-3H3,(H,14,17)(H,15,16)/t13-/m1/s1. The van der Waals surface area contributed by atoms with E-state index >= 15 is 0 Å². The summed E-state index contributed by atoms with van der Waals surface area (Å²) >= 11 is 0. The predicted octanol–water partition coefficient (Wildman–Crippen LogP) is 1.74. The molecule has 2 amide bonds. The first-order valence-corrected chi connectivity index (χ1v) is 6.57. The van der Waals surface area contributed by atoms with Gasteiger partial charge in [-0.1, -0.05) is 26.2 Å². The summed E-state index contributed by atoms with van der Waals surface area (Å²) in [5.41, 5.74) is -0.775. The van der Waals surface area contributed by atoms with Gasteiger partial charge in [-0.3, -0.25) is 9.59 Å². The van der Waals surface area contributed by atoms with Crippen LogP contribution in [-0.4, -0.2) is 23.4 Å². The molecule has 0 spiro atoms. The van der Waals surface area contributed by atoms with E-state index in [1.165, 1.54) is 26.2 Å². The van der Waals surface area contributed by atoms with Gasteiger partial charge in [0.15, 0.2) is 0 Å². The fourth-order valence-corrected chi connectivity index (χ4v) is 2.29. The molecule has 0 aromatic carbocycles. The average molecular weight is 240 g/mol. The number of carbonyl (C=O) groups excluding carboxylic acids is 2. The van der Waals surface area contributed by atoms with Crippen molar-refractivity contribution in [3.8, 4) is 0 Å². The number of amides is 2. The molecule has 0 aliphatic heterocycles. The second-order valence-corrected chi connectivity index (χ2v) is 5.18. The minimum atomic E-state index is -0.775. The number of hydrogen-bond donors (Lipinski definition) is 2. The number of hydrogen-bond acceptors (Lipinski definition) is 2. The number of carbonyl (C=O) groups is 2. The van der Waals surface area contributed by atoms with Crippen molar-refractivity contribution in [1.29, 1.82) is 0 Å². The predicted molar refractivity (Wildman–Crippen MR) is 67.5 cm³/mol. The van der Waals surface area contributed by atoms with Gasteiger partial charge in [-0.05, 0) is 26.2 Å². The molecule has 0 heterocycles. The minimum Gasteiger partial charge on any atom is -0.351 e. The second kappa shape index (κ2) is 6.03. The third-order valence-corrected chi connectivity index (χ3v) is 3.60. The summed E-state index contributed by atoms with van der Waals surface area (Å²) in [5.74, 6) is -0.213.